The van der Waals surface area contributed by atoms with Crippen LogP contribution in [-0.2, 0) is 0 Å². The summed E-state index contributed by atoms with van der Waals surface area (Å²) >= 11 is -2.76. The number of nitrogens with zero attached hydrogens (tertiary/aromatic N) is 2. The standard InChI is InChI=1S/C24H25N2.2CH3.Sn/c1-18-8-6-7-9-23(18)24(19-10-14-21(15-11-19)25(2)3)20-12-16-22(17-13-20)26(4)5;;;/h6-10,12,14-17H,1-5H3;2*1H3;/q+1;;;. The first kappa shape index (κ1) is 20.2. The molecule has 0 aromatic heterocycles. The van der Waals surface area contributed by atoms with E-state index in [-0.39, 0.29) is 0 Å². The van der Waals surface area contributed by atoms with Crippen LogP contribution in [0.25, 0.3) is 5.57 Å². The molecule has 29 heavy (non-hydrogen) atoms. The second-order valence-corrected chi connectivity index (χ2v) is 21.4. The molecule has 1 heterocycles. The van der Waals surface area contributed by atoms with Crippen molar-refractivity contribution >= 4 is 38.9 Å². The average molecular weight is 490 g/mol. The Labute approximate surface area is 179 Å². The summed E-state index contributed by atoms with van der Waals surface area (Å²) in [5.74, 6) is 0. The van der Waals surface area contributed by atoms with Crippen LogP contribution in [0.15, 0.2) is 69.9 Å². The van der Waals surface area contributed by atoms with Gasteiger partial charge in [0.1, 0.15) is 0 Å². The van der Waals surface area contributed by atoms with Crippen molar-refractivity contribution < 1.29 is 4.58 Å². The van der Waals surface area contributed by atoms with Crippen LogP contribution in [0, 0.1) is 6.92 Å². The fourth-order valence-corrected chi connectivity index (χ4v) is 13.3. The predicted octanol–water partition coefficient (Wildman–Crippen LogP) is 4.54. The zero-order valence-corrected chi connectivity index (χ0v) is 21.5. The van der Waals surface area contributed by atoms with Crippen molar-refractivity contribution in [3.63, 3.8) is 0 Å². The summed E-state index contributed by atoms with van der Waals surface area (Å²) in [6, 6.07) is 15.9. The third-order valence-corrected chi connectivity index (χ3v) is 16.4. The van der Waals surface area contributed by atoms with Crippen molar-refractivity contribution in [2.24, 2.45) is 0 Å². The van der Waals surface area contributed by atoms with Crippen molar-refractivity contribution in [2.75, 3.05) is 33.1 Å². The fraction of sp³-hybridized carbons (Fsp3) is 0.269. The molecule has 2 aromatic carbocycles. The van der Waals surface area contributed by atoms with E-state index in [1.54, 1.807) is 7.17 Å². The van der Waals surface area contributed by atoms with Gasteiger partial charge in [0.2, 0.25) is 0 Å². The molecule has 0 unspecified atom stereocenters. The van der Waals surface area contributed by atoms with Gasteiger partial charge in [-0.25, -0.2) is 0 Å². The van der Waals surface area contributed by atoms with E-state index < -0.39 is 18.4 Å². The van der Waals surface area contributed by atoms with Gasteiger partial charge >= 0.3 is 180 Å². The molecule has 2 aliphatic rings. The molecule has 0 saturated carbocycles. The minimum atomic E-state index is -2.76. The summed E-state index contributed by atoms with van der Waals surface area (Å²) in [6.45, 7) is 2.23. The summed E-state index contributed by atoms with van der Waals surface area (Å²) in [6.07, 6.45) is 7.11. The Morgan fingerprint density at radius 1 is 0.897 bits per heavy atom. The van der Waals surface area contributed by atoms with Gasteiger partial charge in [-0.1, -0.05) is 0 Å². The van der Waals surface area contributed by atoms with Crippen molar-refractivity contribution in [1.29, 1.82) is 0 Å². The van der Waals surface area contributed by atoms with Crippen LogP contribution in [0.4, 0.5) is 5.69 Å². The van der Waals surface area contributed by atoms with Gasteiger partial charge in [-0.05, 0) is 0 Å². The maximum atomic E-state index is 2.57. The minimum absolute atomic E-state index is 1.30. The summed E-state index contributed by atoms with van der Waals surface area (Å²) in [4.78, 5) is 7.36. The molecular formula is C26H31N2Sn+. The third-order valence-electron chi connectivity index (χ3n) is 6.34. The second-order valence-electron chi connectivity index (χ2n) is 9.06. The van der Waals surface area contributed by atoms with E-state index in [2.05, 4.69) is 115 Å². The summed E-state index contributed by atoms with van der Waals surface area (Å²) < 4.78 is 5.43. The Hall–Kier alpha value is -2.07. The number of hydrogen-bond acceptors (Lipinski definition) is 1. The molecular weight excluding hydrogens is 459 g/mol. The Morgan fingerprint density at radius 3 is 2.28 bits per heavy atom. The van der Waals surface area contributed by atoms with E-state index in [1.807, 2.05) is 0 Å². The Morgan fingerprint density at radius 2 is 1.62 bits per heavy atom. The number of allylic oxidation sites excluding steroid dienone is 5. The van der Waals surface area contributed by atoms with Gasteiger partial charge in [0.05, 0.1) is 0 Å². The Kier molecular flexibility index (Phi) is 5.10. The maximum absolute atomic E-state index is 2.76. The van der Waals surface area contributed by atoms with E-state index in [0.717, 1.165) is 0 Å². The number of benzene rings is 2. The van der Waals surface area contributed by atoms with Crippen LogP contribution in [0.3, 0.4) is 0 Å². The Bertz CT molecular complexity index is 1120. The quantitative estimate of drug-likeness (QED) is 0.443. The Balaban J connectivity index is 2.11. The molecule has 0 bridgehead atoms. The molecule has 0 N–H and O–H groups in total. The van der Waals surface area contributed by atoms with Gasteiger partial charge < -0.3 is 0 Å². The molecule has 2 aromatic rings. The number of aryl methyl sites for hydroxylation is 1. The summed E-state index contributed by atoms with van der Waals surface area (Å²) in [5, 5.41) is 0. The average Bonchev–Trinajstić information content (AvgIpc) is 2.69. The fourth-order valence-electron chi connectivity index (χ4n) is 4.52. The predicted molar refractivity (Wildman–Crippen MR) is 129 cm³/mol. The van der Waals surface area contributed by atoms with Gasteiger partial charge in [0.15, 0.2) is 0 Å². The molecule has 148 valence electrons. The van der Waals surface area contributed by atoms with Crippen LogP contribution in [-0.4, -0.2) is 56.9 Å². The third kappa shape index (κ3) is 3.31. The zero-order valence-electron chi connectivity index (χ0n) is 18.7. The van der Waals surface area contributed by atoms with Gasteiger partial charge in [0.25, 0.3) is 0 Å². The van der Waals surface area contributed by atoms with E-state index in [1.165, 1.54) is 39.2 Å². The molecule has 1 aliphatic heterocycles. The van der Waals surface area contributed by atoms with Crippen molar-refractivity contribution in [1.82, 2.24) is 0 Å². The first-order valence-corrected chi connectivity index (χ1v) is 18.9. The van der Waals surface area contributed by atoms with Crippen LogP contribution >= 0.6 is 0 Å². The molecule has 0 fully saturated rings. The van der Waals surface area contributed by atoms with Gasteiger partial charge in [-0.3, -0.25) is 0 Å². The van der Waals surface area contributed by atoms with Crippen LogP contribution in [0.1, 0.15) is 16.7 Å². The summed E-state index contributed by atoms with van der Waals surface area (Å²) in [5.41, 5.74) is 9.57. The molecule has 0 atom stereocenters. The molecule has 4 rings (SSSR count). The molecule has 0 radical (unpaired) electrons. The first-order valence-electron chi connectivity index (χ1n) is 10.3. The first-order chi connectivity index (χ1) is 13.7. The van der Waals surface area contributed by atoms with Crippen LogP contribution in [0.2, 0.25) is 9.88 Å². The molecule has 3 heteroatoms. The molecule has 1 aliphatic carbocycles. The molecule has 0 amide bonds. The normalized spacial score (nSPS) is 16.9. The number of hydrogen-bond donors (Lipinski definition) is 0. The topological polar surface area (TPSA) is 6.25 Å². The summed E-state index contributed by atoms with van der Waals surface area (Å²) in [7, 11) is 8.54. The van der Waals surface area contributed by atoms with Crippen molar-refractivity contribution in [3.8, 4) is 0 Å². The van der Waals surface area contributed by atoms with Crippen LogP contribution < -0.4 is 8.48 Å². The van der Waals surface area contributed by atoms with Crippen LogP contribution in [0.5, 0.6) is 0 Å². The SMILES string of the molecule is Cc1ccccc1C1=C2C=CC(=[N+](C)C)C=[C]2[Sn]([CH3])([CH3])[c]2cc(N(C)C)ccc21. The van der Waals surface area contributed by atoms with E-state index in [0.29, 0.717) is 0 Å². The van der Waals surface area contributed by atoms with E-state index in [4.69, 9.17) is 0 Å². The van der Waals surface area contributed by atoms with Crippen molar-refractivity contribution in [3.05, 3.63) is 86.5 Å². The molecule has 0 saturated heterocycles. The number of fused-ring (bicyclic) bond motifs is 2. The van der Waals surface area contributed by atoms with E-state index in [9.17, 15) is 0 Å². The van der Waals surface area contributed by atoms with Gasteiger partial charge in [-0.2, -0.15) is 0 Å². The zero-order chi connectivity index (χ0) is 20.9. The molecule has 0 spiro atoms. The second kappa shape index (κ2) is 7.32. The number of anilines is 1. The van der Waals surface area contributed by atoms with Gasteiger partial charge in [-0.15, -0.1) is 0 Å². The monoisotopic (exact) mass is 491 g/mol. The van der Waals surface area contributed by atoms with Gasteiger partial charge in [0, 0.05) is 0 Å². The number of rotatable bonds is 2. The van der Waals surface area contributed by atoms with Crippen molar-refractivity contribution in [2.45, 2.75) is 16.8 Å². The van der Waals surface area contributed by atoms with E-state index >= 15 is 0 Å². The molecule has 2 nitrogen and oxygen atoms in total.